The molecule has 1 aromatic carbocycles. The van der Waals surface area contributed by atoms with Crippen molar-refractivity contribution in [1.29, 1.82) is 0 Å². The smallest absolute Gasteiger partial charge is 0.170 e. The number of fused-ring (bicyclic) bond motifs is 1. The Labute approximate surface area is 102 Å². The second-order valence-corrected chi connectivity index (χ2v) is 4.18. The number of rotatable bonds is 1. The molecule has 0 radical (unpaired) electrons. The van der Waals surface area contributed by atoms with Gasteiger partial charge in [-0.25, -0.2) is 4.39 Å². The molecular formula is C13H8FNOS. The first-order chi connectivity index (χ1) is 8.24. The first-order valence-electron chi connectivity index (χ1n) is 5.11. The van der Waals surface area contributed by atoms with Gasteiger partial charge in [-0.05, 0) is 24.3 Å². The van der Waals surface area contributed by atoms with Crippen molar-refractivity contribution in [3.63, 3.8) is 0 Å². The van der Waals surface area contributed by atoms with E-state index in [1.165, 1.54) is 6.07 Å². The van der Waals surface area contributed by atoms with Crippen LogP contribution in [-0.2, 0) is 0 Å². The van der Waals surface area contributed by atoms with E-state index in [4.69, 9.17) is 16.6 Å². The monoisotopic (exact) mass is 245 g/mol. The lowest BCUT2D eigenvalue weighted by molar-refractivity contribution is 0.567. The summed E-state index contributed by atoms with van der Waals surface area (Å²) in [5.41, 5.74) is 1.01. The minimum Gasteiger partial charge on any atom is -0.451 e. The number of nitrogens with one attached hydrogen (secondary N) is 1. The van der Waals surface area contributed by atoms with Crippen molar-refractivity contribution in [2.75, 3.05) is 0 Å². The summed E-state index contributed by atoms with van der Waals surface area (Å²) in [5, 5.41) is 0.739. The van der Waals surface area contributed by atoms with Gasteiger partial charge in [-0.3, -0.25) is 0 Å². The molecule has 2 aromatic heterocycles. The number of para-hydroxylation sites is 1. The van der Waals surface area contributed by atoms with Gasteiger partial charge in [-0.1, -0.05) is 24.4 Å². The molecule has 0 saturated carbocycles. The second-order valence-electron chi connectivity index (χ2n) is 3.71. The zero-order chi connectivity index (χ0) is 11.8. The van der Waals surface area contributed by atoms with Gasteiger partial charge in [0.1, 0.15) is 0 Å². The molecule has 0 amide bonds. The maximum Gasteiger partial charge on any atom is 0.170 e. The highest BCUT2D eigenvalue weighted by molar-refractivity contribution is 7.71. The number of hydrogen-bond donors (Lipinski definition) is 1. The van der Waals surface area contributed by atoms with E-state index in [0.29, 0.717) is 10.3 Å². The number of hydrogen-bond acceptors (Lipinski definition) is 2. The number of pyridine rings is 1. The topological polar surface area (TPSA) is 28.9 Å². The quantitative estimate of drug-likeness (QED) is 0.648. The molecule has 0 saturated heterocycles. The fourth-order valence-corrected chi connectivity index (χ4v) is 1.93. The molecular weight excluding hydrogens is 237 g/mol. The van der Waals surface area contributed by atoms with Crippen molar-refractivity contribution in [1.82, 2.24) is 4.98 Å². The molecule has 2 heterocycles. The van der Waals surface area contributed by atoms with Crippen molar-refractivity contribution < 1.29 is 8.81 Å². The molecule has 0 atom stereocenters. The molecule has 0 aliphatic heterocycles. The highest BCUT2D eigenvalue weighted by atomic mass is 32.1. The normalized spacial score (nSPS) is 10.9. The summed E-state index contributed by atoms with van der Waals surface area (Å²) in [6.07, 6.45) is 1.74. The Hall–Kier alpha value is -1.94. The maximum absolute atomic E-state index is 13.5. The standard InChI is InChI=1S/C13H8FNOS/c14-10-3-1-2-8-6-12(16-13(8)10)11-7-9(17)4-5-15-11/h1-7H,(H,15,17). The zero-order valence-corrected chi connectivity index (χ0v) is 9.55. The molecule has 0 spiro atoms. The van der Waals surface area contributed by atoms with E-state index in [1.807, 2.05) is 6.07 Å². The van der Waals surface area contributed by atoms with Crippen LogP contribution in [0.3, 0.4) is 0 Å². The van der Waals surface area contributed by atoms with Gasteiger partial charge < -0.3 is 9.40 Å². The van der Waals surface area contributed by atoms with E-state index in [0.717, 1.165) is 11.1 Å². The molecule has 0 unspecified atom stereocenters. The van der Waals surface area contributed by atoms with Crippen molar-refractivity contribution in [2.24, 2.45) is 0 Å². The van der Waals surface area contributed by atoms with E-state index >= 15 is 0 Å². The Kier molecular flexibility index (Phi) is 2.30. The summed E-state index contributed by atoms with van der Waals surface area (Å²) in [6.45, 7) is 0. The summed E-state index contributed by atoms with van der Waals surface area (Å²) in [6, 6.07) is 10.2. The molecule has 4 heteroatoms. The highest BCUT2D eigenvalue weighted by Crippen LogP contribution is 2.27. The average Bonchev–Trinajstić information content (AvgIpc) is 2.74. The van der Waals surface area contributed by atoms with Crippen LogP contribution in [0.15, 0.2) is 47.0 Å². The minimum absolute atomic E-state index is 0.269. The van der Waals surface area contributed by atoms with Crippen LogP contribution in [0, 0.1) is 10.3 Å². The largest absolute Gasteiger partial charge is 0.451 e. The van der Waals surface area contributed by atoms with Crippen LogP contribution in [0.4, 0.5) is 4.39 Å². The molecule has 0 aliphatic carbocycles. The fraction of sp³-hybridized carbons (Fsp3) is 0. The lowest BCUT2D eigenvalue weighted by Crippen LogP contribution is -1.78. The Morgan fingerprint density at radius 2 is 2.06 bits per heavy atom. The van der Waals surface area contributed by atoms with Crippen molar-refractivity contribution in [3.8, 4) is 11.5 Å². The van der Waals surface area contributed by atoms with Crippen LogP contribution in [0.25, 0.3) is 22.4 Å². The predicted octanol–water partition coefficient (Wildman–Crippen LogP) is 4.30. The number of benzene rings is 1. The summed E-state index contributed by atoms with van der Waals surface area (Å²) in [7, 11) is 0. The van der Waals surface area contributed by atoms with Crippen molar-refractivity contribution in [3.05, 3.63) is 52.9 Å². The second kappa shape index (κ2) is 3.82. The summed E-state index contributed by atoms with van der Waals surface area (Å²) >= 11 is 5.07. The Morgan fingerprint density at radius 1 is 1.18 bits per heavy atom. The van der Waals surface area contributed by atoms with Gasteiger partial charge in [-0.2, -0.15) is 0 Å². The number of halogens is 1. The van der Waals surface area contributed by atoms with Crippen LogP contribution in [-0.4, -0.2) is 4.98 Å². The molecule has 3 aromatic rings. The van der Waals surface area contributed by atoms with Gasteiger partial charge in [0.2, 0.25) is 0 Å². The molecule has 2 nitrogen and oxygen atoms in total. The van der Waals surface area contributed by atoms with E-state index in [-0.39, 0.29) is 11.4 Å². The van der Waals surface area contributed by atoms with Crippen LogP contribution < -0.4 is 0 Å². The Balaban J connectivity index is 2.25. The van der Waals surface area contributed by atoms with E-state index in [9.17, 15) is 4.39 Å². The third kappa shape index (κ3) is 1.76. The lowest BCUT2D eigenvalue weighted by Gasteiger charge is -1.95. The first-order valence-corrected chi connectivity index (χ1v) is 5.52. The van der Waals surface area contributed by atoms with Crippen LogP contribution in [0.1, 0.15) is 0 Å². The molecule has 0 aliphatic rings. The molecule has 0 fully saturated rings. The Morgan fingerprint density at radius 3 is 2.82 bits per heavy atom. The zero-order valence-electron chi connectivity index (χ0n) is 8.74. The van der Waals surface area contributed by atoms with Gasteiger partial charge in [0.25, 0.3) is 0 Å². The van der Waals surface area contributed by atoms with Crippen molar-refractivity contribution in [2.45, 2.75) is 0 Å². The molecule has 0 bridgehead atoms. The predicted molar refractivity (Wildman–Crippen MR) is 66.8 cm³/mol. The fourth-order valence-electron chi connectivity index (χ4n) is 1.75. The number of H-pyrrole nitrogens is 1. The number of aromatic amines is 1. The number of aromatic nitrogens is 1. The summed E-state index contributed by atoms with van der Waals surface area (Å²) in [4.78, 5) is 3.02. The maximum atomic E-state index is 13.5. The molecule has 17 heavy (non-hydrogen) atoms. The van der Waals surface area contributed by atoms with Gasteiger partial charge >= 0.3 is 0 Å². The van der Waals surface area contributed by atoms with E-state index < -0.39 is 0 Å². The van der Waals surface area contributed by atoms with Crippen LogP contribution in [0.2, 0.25) is 0 Å². The van der Waals surface area contributed by atoms with Crippen LogP contribution in [0.5, 0.6) is 0 Å². The lowest BCUT2D eigenvalue weighted by atomic mass is 10.2. The summed E-state index contributed by atoms with van der Waals surface area (Å²) < 4.78 is 19.7. The minimum atomic E-state index is -0.358. The Bertz CT molecular complexity index is 744. The van der Waals surface area contributed by atoms with Gasteiger partial charge in [0.05, 0.1) is 5.69 Å². The molecule has 1 N–H and O–H groups in total. The molecule has 3 rings (SSSR count). The van der Waals surface area contributed by atoms with Gasteiger partial charge in [0.15, 0.2) is 17.2 Å². The van der Waals surface area contributed by atoms with Crippen LogP contribution >= 0.6 is 12.2 Å². The first kappa shape index (κ1) is 10.2. The third-order valence-electron chi connectivity index (χ3n) is 2.53. The van der Waals surface area contributed by atoms with Gasteiger partial charge in [-0.15, -0.1) is 0 Å². The summed E-state index contributed by atoms with van der Waals surface area (Å²) in [5.74, 6) is 0.222. The SMILES string of the molecule is Fc1cccc2cc(-c3cc(=S)cc[nH]3)oc12. The molecule has 84 valence electrons. The van der Waals surface area contributed by atoms with Crippen molar-refractivity contribution >= 4 is 23.2 Å². The highest BCUT2D eigenvalue weighted by Gasteiger charge is 2.09. The average molecular weight is 245 g/mol. The third-order valence-corrected chi connectivity index (χ3v) is 2.79. The van der Waals surface area contributed by atoms with E-state index in [2.05, 4.69) is 4.98 Å². The van der Waals surface area contributed by atoms with Gasteiger partial charge in [0, 0.05) is 16.1 Å². The van der Waals surface area contributed by atoms with E-state index in [1.54, 1.807) is 30.5 Å². The number of furan rings is 1.